The molecule has 0 radical (unpaired) electrons. The maximum Gasteiger partial charge on any atom is 0.378 e. The molecule has 1 atom stereocenters. The maximum atomic E-state index is 12.2. The quantitative estimate of drug-likeness (QED) is 0.341. The molecule has 11 nitrogen and oxygen atoms in total. The number of rotatable bonds is 10. The van der Waals surface area contributed by atoms with Gasteiger partial charge in [-0.25, -0.2) is 4.79 Å². The summed E-state index contributed by atoms with van der Waals surface area (Å²) in [4.78, 5) is 32.7. The highest BCUT2D eigenvalue weighted by Crippen LogP contribution is 2.29. The van der Waals surface area contributed by atoms with Gasteiger partial charge in [-0.3, -0.25) is 20.2 Å². The molecule has 0 spiro atoms. The van der Waals surface area contributed by atoms with Crippen LogP contribution >= 0.6 is 0 Å². The fourth-order valence-electron chi connectivity index (χ4n) is 2.82. The first-order valence-electron chi connectivity index (χ1n) is 9.17. The molecule has 0 aliphatic carbocycles. The molecule has 0 fully saturated rings. The van der Waals surface area contributed by atoms with E-state index in [0.29, 0.717) is 11.1 Å². The lowest BCUT2D eigenvalue weighted by atomic mass is 10.2. The molecule has 3 rings (SSSR count). The van der Waals surface area contributed by atoms with E-state index in [9.17, 15) is 30.1 Å². The second kappa shape index (κ2) is 9.67. The summed E-state index contributed by atoms with van der Waals surface area (Å²) in [5.41, 5.74) is 1.08. The Morgan fingerprint density at radius 2 is 1.35 bits per heavy atom. The minimum absolute atomic E-state index is 0.00368. The van der Waals surface area contributed by atoms with Crippen LogP contribution in [-0.4, -0.2) is 33.6 Å². The van der Waals surface area contributed by atoms with Gasteiger partial charge in [-0.05, 0) is 35.4 Å². The monoisotopic (exact) mass is 430 g/mol. The van der Waals surface area contributed by atoms with E-state index in [1.165, 1.54) is 48.5 Å². The van der Waals surface area contributed by atoms with Crippen LogP contribution in [0.25, 0.3) is 0 Å². The molecule has 0 bridgehead atoms. The van der Waals surface area contributed by atoms with Crippen LogP contribution in [-0.2, 0) is 32.2 Å². The standard InChI is InChI=1S/C20H18N2O9/c23-10-9-17-18(29-11-13-1-5-15(6-2-13)21(25)26)19(20(24)31-17)30-12-14-3-7-16(8-4-14)22(27)28/h1-8,17,23H,9-12H2. The van der Waals surface area contributed by atoms with Crippen LogP contribution in [0.4, 0.5) is 11.4 Å². The Hall–Kier alpha value is -3.99. The third-order valence-electron chi connectivity index (χ3n) is 4.41. The van der Waals surface area contributed by atoms with Crippen LogP contribution in [0.5, 0.6) is 0 Å². The van der Waals surface area contributed by atoms with Gasteiger partial charge >= 0.3 is 5.97 Å². The summed E-state index contributed by atoms with van der Waals surface area (Å²) in [7, 11) is 0. The van der Waals surface area contributed by atoms with Gasteiger partial charge in [-0.15, -0.1) is 0 Å². The molecule has 1 unspecified atom stereocenters. The normalized spacial score (nSPS) is 15.5. The zero-order chi connectivity index (χ0) is 22.4. The lowest BCUT2D eigenvalue weighted by molar-refractivity contribution is -0.385. The van der Waals surface area contributed by atoms with Crippen LogP contribution in [0.15, 0.2) is 60.0 Å². The Morgan fingerprint density at radius 1 is 0.871 bits per heavy atom. The number of non-ortho nitro benzene ring substituents is 2. The number of aliphatic hydroxyl groups excluding tert-OH is 1. The number of esters is 1. The summed E-state index contributed by atoms with van der Waals surface area (Å²) < 4.78 is 16.5. The number of carbonyl (C=O) groups is 1. The van der Waals surface area contributed by atoms with Crippen molar-refractivity contribution in [3.63, 3.8) is 0 Å². The fourth-order valence-corrected chi connectivity index (χ4v) is 2.82. The van der Waals surface area contributed by atoms with Gasteiger partial charge in [0.25, 0.3) is 11.4 Å². The molecular weight excluding hydrogens is 412 g/mol. The predicted molar refractivity (Wildman–Crippen MR) is 104 cm³/mol. The second-order valence-electron chi connectivity index (χ2n) is 6.52. The number of hydrogen-bond donors (Lipinski definition) is 1. The second-order valence-corrected chi connectivity index (χ2v) is 6.52. The van der Waals surface area contributed by atoms with E-state index < -0.39 is 21.9 Å². The zero-order valence-corrected chi connectivity index (χ0v) is 16.1. The van der Waals surface area contributed by atoms with Crippen molar-refractivity contribution in [2.45, 2.75) is 25.7 Å². The molecular formula is C20H18N2O9. The van der Waals surface area contributed by atoms with Crippen LogP contribution in [0.3, 0.4) is 0 Å². The zero-order valence-electron chi connectivity index (χ0n) is 16.1. The molecule has 2 aromatic carbocycles. The third kappa shape index (κ3) is 5.34. The van der Waals surface area contributed by atoms with Crippen molar-refractivity contribution in [2.75, 3.05) is 6.61 Å². The average Bonchev–Trinajstić information content (AvgIpc) is 3.05. The minimum Gasteiger partial charge on any atom is -0.485 e. The first-order valence-corrected chi connectivity index (χ1v) is 9.17. The van der Waals surface area contributed by atoms with E-state index in [1.54, 1.807) is 0 Å². The van der Waals surface area contributed by atoms with Gasteiger partial charge in [0.1, 0.15) is 13.2 Å². The third-order valence-corrected chi connectivity index (χ3v) is 4.41. The van der Waals surface area contributed by atoms with E-state index in [2.05, 4.69) is 0 Å². The van der Waals surface area contributed by atoms with Crippen LogP contribution in [0.1, 0.15) is 17.5 Å². The molecule has 1 aliphatic heterocycles. The molecule has 0 aromatic heterocycles. The first-order chi connectivity index (χ1) is 14.9. The minimum atomic E-state index is -0.831. The van der Waals surface area contributed by atoms with Crippen LogP contribution in [0.2, 0.25) is 0 Å². The molecule has 0 amide bonds. The number of hydrogen-bond acceptors (Lipinski definition) is 9. The van der Waals surface area contributed by atoms with E-state index in [4.69, 9.17) is 14.2 Å². The molecule has 1 aliphatic rings. The predicted octanol–water partition coefficient (Wildman–Crippen LogP) is 2.76. The van der Waals surface area contributed by atoms with E-state index >= 15 is 0 Å². The number of nitro groups is 2. The van der Waals surface area contributed by atoms with Crippen LogP contribution in [0, 0.1) is 20.2 Å². The molecule has 0 saturated heterocycles. The van der Waals surface area contributed by atoms with Crippen molar-refractivity contribution in [3.05, 3.63) is 91.4 Å². The van der Waals surface area contributed by atoms with Gasteiger partial charge < -0.3 is 19.3 Å². The number of benzene rings is 2. The number of ether oxygens (including phenoxy) is 3. The van der Waals surface area contributed by atoms with Crippen molar-refractivity contribution in [1.82, 2.24) is 0 Å². The van der Waals surface area contributed by atoms with Gasteiger partial charge in [-0.1, -0.05) is 0 Å². The lowest BCUT2D eigenvalue weighted by Gasteiger charge is -2.14. The van der Waals surface area contributed by atoms with E-state index in [0.717, 1.165) is 0 Å². The molecule has 31 heavy (non-hydrogen) atoms. The Balaban J connectivity index is 1.73. The van der Waals surface area contributed by atoms with Crippen molar-refractivity contribution in [3.8, 4) is 0 Å². The van der Waals surface area contributed by atoms with Gasteiger partial charge in [0.15, 0.2) is 11.9 Å². The van der Waals surface area contributed by atoms with E-state index in [-0.39, 0.29) is 49.1 Å². The summed E-state index contributed by atoms with van der Waals surface area (Å²) in [6, 6.07) is 11.4. The number of nitro benzene ring substituents is 2. The summed E-state index contributed by atoms with van der Waals surface area (Å²) in [6.07, 6.45) is -0.728. The maximum absolute atomic E-state index is 12.2. The molecule has 0 saturated carbocycles. The summed E-state index contributed by atoms with van der Waals surface area (Å²) in [6.45, 7) is -0.313. The Morgan fingerprint density at radius 3 is 1.81 bits per heavy atom. The molecule has 1 N–H and O–H groups in total. The Kier molecular flexibility index (Phi) is 6.78. The smallest absolute Gasteiger partial charge is 0.378 e. The van der Waals surface area contributed by atoms with Crippen molar-refractivity contribution >= 4 is 17.3 Å². The van der Waals surface area contributed by atoms with Gasteiger partial charge in [0.05, 0.1) is 9.85 Å². The number of cyclic esters (lactones) is 1. The highest BCUT2D eigenvalue weighted by molar-refractivity contribution is 5.89. The largest absolute Gasteiger partial charge is 0.485 e. The van der Waals surface area contributed by atoms with Gasteiger partial charge in [-0.2, -0.15) is 0 Å². The Bertz CT molecular complexity index is 1000. The molecule has 2 aromatic rings. The first kappa shape index (κ1) is 21.7. The lowest BCUT2D eigenvalue weighted by Crippen LogP contribution is -2.15. The molecule has 11 heteroatoms. The average molecular weight is 430 g/mol. The summed E-state index contributed by atoms with van der Waals surface area (Å²) in [5, 5.41) is 30.7. The fraction of sp³-hybridized carbons (Fsp3) is 0.250. The molecule has 1 heterocycles. The number of nitrogens with zero attached hydrogens (tertiary/aromatic N) is 2. The van der Waals surface area contributed by atoms with Gasteiger partial charge in [0.2, 0.25) is 5.76 Å². The van der Waals surface area contributed by atoms with Crippen molar-refractivity contribution in [1.29, 1.82) is 0 Å². The van der Waals surface area contributed by atoms with Crippen molar-refractivity contribution in [2.24, 2.45) is 0 Å². The van der Waals surface area contributed by atoms with Crippen molar-refractivity contribution < 1.29 is 34.0 Å². The van der Waals surface area contributed by atoms with Gasteiger partial charge in [0, 0.05) is 37.3 Å². The molecule has 162 valence electrons. The highest BCUT2D eigenvalue weighted by atomic mass is 16.6. The summed E-state index contributed by atoms with van der Waals surface area (Å²) in [5.74, 6) is -0.794. The number of carbonyl (C=O) groups excluding carboxylic acids is 1. The Labute approximate surface area is 175 Å². The SMILES string of the molecule is O=C1OC(CCO)C(OCc2ccc([N+](=O)[O-])cc2)=C1OCc1ccc([N+](=O)[O-])cc1. The summed E-state index contributed by atoms with van der Waals surface area (Å²) >= 11 is 0. The highest BCUT2D eigenvalue weighted by Gasteiger charge is 2.37. The van der Waals surface area contributed by atoms with Crippen LogP contribution < -0.4 is 0 Å². The number of aliphatic hydroxyl groups is 1. The van der Waals surface area contributed by atoms with E-state index in [1.807, 2.05) is 0 Å². The topological polar surface area (TPSA) is 151 Å².